The Hall–Kier alpha value is -2.56. The van der Waals surface area contributed by atoms with E-state index in [0.29, 0.717) is 18.1 Å². The molecule has 0 saturated carbocycles. The summed E-state index contributed by atoms with van der Waals surface area (Å²) in [6, 6.07) is 9.67. The highest BCUT2D eigenvalue weighted by Gasteiger charge is 2.22. The minimum Gasteiger partial charge on any atom is -0.478 e. The third-order valence-corrected chi connectivity index (χ3v) is 3.55. The fourth-order valence-electron chi connectivity index (χ4n) is 2.56. The Morgan fingerprint density at radius 3 is 2.80 bits per heavy atom. The fraction of sp³-hybridized carbons (Fsp3) is 0.200. The molecule has 3 rings (SSSR count). The molecule has 2 aromatic rings. The predicted octanol–water partition coefficient (Wildman–Crippen LogP) is 1.92. The van der Waals surface area contributed by atoms with Crippen molar-refractivity contribution in [3.8, 4) is 0 Å². The Balaban J connectivity index is 1.97. The summed E-state index contributed by atoms with van der Waals surface area (Å²) in [6.45, 7) is 1.43. The minimum atomic E-state index is -1.00. The standard InChI is InChI=1S/C15H15N3O2/c16-12-7-13(15(19)20)14(17-8-12)18-6-5-10-3-1-2-4-11(10)9-18/h1-4,7-8H,5-6,9,16H2,(H,19,20). The van der Waals surface area contributed by atoms with E-state index in [0.717, 1.165) is 13.0 Å². The molecule has 0 spiro atoms. The van der Waals surface area contributed by atoms with Gasteiger partial charge in [-0.05, 0) is 23.6 Å². The number of pyridine rings is 1. The van der Waals surface area contributed by atoms with Crippen LogP contribution >= 0.6 is 0 Å². The summed E-state index contributed by atoms with van der Waals surface area (Å²) in [5, 5.41) is 9.29. The summed E-state index contributed by atoms with van der Waals surface area (Å²) in [5.41, 5.74) is 8.68. The van der Waals surface area contributed by atoms with Crippen LogP contribution in [0.3, 0.4) is 0 Å². The number of hydrogen-bond donors (Lipinski definition) is 2. The zero-order valence-electron chi connectivity index (χ0n) is 10.9. The molecule has 1 aromatic carbocycles. The van der Waals surface area contributed by atoms with E-state index in [1.54, 1.807) is 0 Å². The van der Waals surface area contributed by atoms with Crippen molar-refractivity contribution in [3.05, 3.63) is 53.2 Å². The molecule has 1 aromatic heterocycles. The number of carboxylic acid groups (broad SMARTS) is 1. The normalized spacial score (nSPS) is 13.9. The molecule has 0 aliphatic carbocycles. The van der Waals surface area contributed by atoms with Gasteiger partial charge in [-0.25, -0.2) is 9.78 Å². The van der Waals surface area contributed by atoms with E-state index in [-0.39, 0.29) is 5.56 Å². The van der Waals surface area contributed by atoms with E-state index in [4.69, 9.17) is 5.73 Å². The molecule has 1 aliphatic rings. The second kappa shape index (κ2) is 4.85. The van der Waals surface area contributed by atoms with Crippen LogP contribution in [0.15, 0.2) is 36.5 Å². The van der Waals surface area contributed by atoms with Crippen molar-refractivity contribution < 1.29 is 9.90 Å². The average molecular weight is 269 g/mol. The largest absolute Gasteiger partial charge is 0.478 e. The first-order valence-electron chi connectivity index (χ1n) is 6.45. The summed E-state index contributed by atoms with van der Waals surface area (Å²) in [6.07, 6.45) is 2.39. The molecule has 0 fully saturated rings. The lowest BCUT2D eigenvalue weighted by Gasteiger charge is -2.30. The molecule has 0 saturated heterocycles. The molecule has 102 valence electrons. The topological polar surface area (TPSA) is 79.5 Å². The Bertz CT molecular complexity index is 670. The molecule has 5 nitrogen and oxygen atoms in total. The van der Waals surface area contributed by atoms with E-state index in [1.807, 2.05) is 17.0 Å². The number of carboxylic acids is 1. The Kier molecular flexibility index (Phi) is 3.02. The summed E-state index contributed by atoms with van der Waals surface area (Å²) < 4.78 is 0. The van der Waals surface area contributed by atoms with Crippen LogP contribution in [0.5, 0.6) is 0 Å². The molecule has 0 radical (unpaired) electrons. The van der Waals surface area contributed by atoms with Gasteiger partial charge in [0.05, 0.1) is 11.9 Å². The maximum atomic E-state index is 11.3. The van der Waals surface area contributed by atoms with Gasteiger partial charge in [0.1, 0.15) is 11.4 Å². The number of carbonyl (C=O) groups is 1. The first kappa shape index (κ1) is 12.5. The van der Waals surface area contributed by atoms with Crippen molar-refractivity contribution >= 4 is 17.5 Å². The number of aromatic carboxylic acids is 1. The first-order chi connectivity index (χ1) is 9.65. The third-order valence-electron chi connectivity index (χ3n) is 3.55. The van der Waals surface area contributed by atoms with Crippen molar-refractivity contribution in [2.45, 2.75) is 13.0 Å². The van der Waals surface area contributed by atoms with Gasteiger partial charge in [0, 0.05) is 13.1 Å². The van der Waals surface area contributed by atoms with E-state index in [9.17, 15) is 9.90 Å². The number of fused-ring (bicyclic) bond motifs is 1. The third kappa shape index (κ3) is 2.18. The molecule has 5 heteroatoms. The SMILES string of the molecule is Nc1cnc(N2CCc3ccccc3C2)c(C(=O)O)c1. The van der Waals surface area contributed by atoms with Crippen LogP contribution < -0.4 is 10.6 Å². The summed E-state index contributed by atoms with van der Waals surface area (Å²) in [7, 11) is 0. The Labute approximate surface area is 116 Å². The Morgan fingerprint density at radius 1 is 1.30 bits per heavy atom. The first-order valence-corrected chi connectivity index (χ1v) is 6.45. The van der Waals surface area contributed by atoms with Crippen LogP contribution in [-0.2, 0) is 13.0 Å². The van der Waals surface area contributed by atoms with Gasteiger partial charge in [-0.1, -0.05) is 24.3 Å². The van der Waals surface area contributed by atoms with Gasteiger partial charge < -0.3 is 15.7 Å². The number of benzene rings is 1. The molecular weight excluding hydrogens is 254 g/mol. The number of hydrogen-bond acceptors (Lipinski definition) is 4. The monoisotopic (exact) mass is 269 g/mol. The zero-order chi connectivity index (χ0) is 14.1. The van der Waals surface area contributed by atoms with Gasteiger partial charge in [0.2, 0.25) is 0 Å². The average Bonchev–Trinajstić information content (AvgIpc) is 2.46. The number of nitrogens with zero attached hydrogens (tertiary/aromatic N) is 2. The van der Waals surface area contributed by atoms with Crippen molar-refractivity contribution in [1.29, 1.82) is 0 Å². The van der Waals surface area contributed by atoms with Crippen LogP contribution in [-0.4, -0.2) is 22.6 Å². The number of aromatic nitrogens is 1. The van der Waals surface area contributed by atoms with Crippen molar-refractivity contribution in [3.63, 3.8) is 0 Å². The second-order valence-electron chi connectivity index (χ2n) is 4.89. The fourth-order valence-corrected chi connectivity index (χ4v) is 2.56. The smallest absolute Gasteiger partial charge is 0.339 e. The van der Waals surface area contributed by atoms with Gasteiger partial charge in [0.15, 0.2) is 0 Å². The molecular formula is C15H15N3O2. The lowest BCUT2D eigenvalue weighted by Crippen LogP contribution is -2.32. The van der Waals surface area contributed by atoms with Gasteiger partial charge >= 0.3 is 5.97 Å². The highest BCUT2D eigenvalue weighted by atomic mass is 16.4. The number of anilines is 2. The van der Waals surface area contributed by atoms with Crippen molar-refractivity contribution in [2.24, 2.45) is 0 Å². The van der Waals surface area contributed by atoms with Crippen LogP contribution in [0.2, 0.25) is 0 Å². The van der Waals surface area contributed by atoms with Crippen molar-refractivity contribution in [1.82, 2.24) is 4.98 Å². The summed E-state index contributed by atoms with van der Waals surface area (Å²) in [5.74, 6) is -0.514. The predicted molar refractivity (Wildman–Crippen MR) is 76.8 cm³/mol. The number of nitrogen functional groups attached to an aromatic ring is 1. The molecule has 0 bridgehead atoms. The highest BCUT2D eigenvalue weighted by molar-refractivity contribution is 5.94. The van der Waals surface area contributed by atoms with E-state index in [1.165, 1.54) is 23.4 Å². The van der Waals surface area contributed by atoms with Gasteiger partial charge in [-0.3, -0.25) is 0 Å². The molecule has 0 atom stereocenters. The van der Waals surface area contributed by atoms with Crippen LogP contribution in [0.4, 0.5) is 11.5 Å². The quantitative estimate of drug-likeness (QED) is 0.870. The maximum Gasteiger partial charge on any atom is 0.339 e. The number of nitrogens with two attached hydrogens (primary N) is 1. The summed E-state index contributed by atoms with van der Waals surface area (Å²) in [4.78, 5) is 17.5. The lowest BCUT2D eigenvalue weighted by molar-refractivity contribution is 0.0697. The van der Waals surface area contributed by atoms with Crippen molar-refractivity contribution in [2.75, 3.05) is 17.2 Å². The van der Waals surface area contributed by atoms with E-state index in [2.05, 4.69) is 17.1 Å². The molecule has 0 amide bonds. The van der Waals surface area contributed by atoms with E-state index >= 15 is 0 Å². The van der Waals surface area contributed by atoms with E-state index < -0.39 is 5.97 Å². The Morgan fingerprint density at radius 2 is 2.05 bits per heavy atom. The van der Waals surface area contributed by atoms with Gasteiger partial charge in [-0.2, -0.15) is 0 Å². The minimum absolute atomic E-state index is 0.157. The lowest BCUT2D eigenvalue weighted by atomic mass is 9.99. The van der Waals surface area contributed by atoms with Crippen LogP contribution in [0.1, 0.15) is 21.5 Å². The second-order valence-corrected chi connectivity index (χ2v) is 4.89. The van der Waals surface area contributed by atoms with Crippen LogP contribution in [0, 0.1) is 0 Å². The number of rotatable bonds is 2. The molecule has 1 aliphatic heterocycles. The zero-order valence-corrected chi connectivity index (χ0v) is 10.9. The highest BCUT2D eigenvalue weighted by Crippen LogP contribution is 2.26. The van der Waals surface area contributed by atoms with Gasteiger partial charge in [0.25, 0.3) is 0 Å². The molecule has 20 heavy (non-hydrogen) atoms. The molecule has 0 unspecified atom stereocenters. The molecule has 3 N–H and O–H groups in total. The van der Waals surface area contributed by atoms with Gasteiger partial charge in [-0.15, -0.1) is 0 Å². The summed E-state index contributed by atoms with van der Waals surface area (Å²) >= 11 is 0. The molecule has 2 heterocycles. The van der Waals surface area contributed by atoms with Crippen LogP contribution in [0.25, 0.3) is 0 Å². The maximum absolute atomic E-state index is 11.3.